The lowest BCUT2D eigenvalue weighted by Crippen LogP contribution is -2.32. The Labute approximate surface area is 144 Å². The number of nitrogens with zero attached hydrogens (tertiary/aromatic N) is 2. The van der Waals surface area contributed by atoms with Gasteiger partial charge in [-0.2, -0.15) is 5.10 Å². The van der Waals surface area contributed by atoms with Crippen LogP contribution in [-0.2, 0) is 6.54 Å². The summed E-state index contributed by atoms with van der Waals surface area (Å²) in [6.45, 7) is 1.14. The highest BCUT2D eigenvalue weighted by Gasteiger charge is 2.28. The van der Waals surface area contributed by atoms with Crippen LogP contribution in [-0.4, -0.2) is 27.5 Å². The molecule has 0 saturated heterocycles. The zero-order valence-electron chi connectivity index (χ0n) is 13.6. The van der Waals surface area contributed by atoms with E-state index in [2.05, 4.69) is 10.2 Å². The van der Waals surface area contributed by atoms with Gasteiger partial charge < -0.3 is 9.32 Å². The maximum atomic E-state index is 13.1. The van der Waals surface area contributed by atoms with Crippen molar-refractivity contribution in [2.24, 2.45) is 5.92 Å². The number of nitrogens with one attached hydrogen (secondary N) is 1. The summed E-state index contributed by atoms with van der Waals surface area (Å²) in [5.74, 6) is 0.774. The van der Waals surface area contributed by atoms with Crippen molar-refractivity contribution in [3.8, 4) is 11.5 Å². The van der Waals surface area contributed by atoms with Gasteiger partial charge >= 0.3 is 0 Å². The van der Waals surface area contributed by atoms with E-state index >= 15 is 0 Å². The fraction of sp³-hybridized carbons (Fsp3) is 0.263. The van der Waals surface area contributed by atoms with Gasteiger partial charge in [0.25, 0.3) is 5.91 Å². The standard InChI is InChI=1S/C19H18FN3O2/c20-15-7-5-14(6-8-15)12-23(11-13-3-4-13)19(24)17-10-16(21-22-17)18-2-1-9-25-18/h1-2,5-10,13H,3-4,11-12H2,(H,21,22). The molecule has 5 nitrogen and oxygen atoms in total. The highest BCUT2D eigenvalue weighted by molar-refractivity contribution is 5.93. The van der Waals surface area contributed by atoms with E-state index in [1.807, 2.05) is 6.07 Å². The van der Waals surface area contributed by atoms with Crippen LogP contribution >= 0.6 is 0 Å². The third kappa shape index (κ3) is 3.63. The predicted molar refractivity (Wildman–Crippen MR) is 90.2 cm³/mol. The molecule has 1 N–H and O–H groups in total. The van der Waals surface area contributed by atoms with E-state index in [0.717, 1.165) is 18.4 Å². The second-order valence-electron chi connectivity index (χ2n) is 6.40. The number of hydrogen-bond acceptors (Lipinski definition) is 3. The average Bonchev–Trinajstić information content (AvgIpc) is 3.09. The fourth-order valence-corrected chi connectivity index (χ4v) is 2.79. The monoisotopic (exact) mass is 339 g/mol. The van der Waals surface area contributed by atoms with Gasteiger partial charge in [0.15, 0.2) is 11.5 Å². The van der Waals surface area contributed by atoms with E-state index in [9.17, 15) is 9.18 Å². The Kier molecular flexibility index (Phi) is 4.09. The van der Waals surface area contributed by atoms with Crippen LogP contribution in [0.15, 0.2) is 53.1 Å². The van der Waals surface area contributed by atoms with Gasteiger partial charge in [-0.25, -0.2) is 4.39 Å². The highest BCUT2D eigenvalue weighted by atomic mass is 19.1. The predicted octanol–water partition coefficient (Wildman–Crippen LogP) is 3.86. The zero-order valence-corrected chi connectivity index (χ0v) is 13.6. The minimum absolute atomic E-state index is 0.134. The quantitative estimate of drug-likeness (QED) is 0.742. The number of carbonyl (C=O) groups excluding carboxylic acids is 1. The Balaban J connectivity index is 1.54. The van der Waals surface area contributed by atoms with E-state index in [1.54, 1.807) is 35.4 Å². The molecule has 1 aliphatic rings. The van der Waals surface area contributed by atoms with E-state index in [1.165, 1.54) is 12.1 Å². The van der Waals surface area contributed by atoms with E-state index in [0.29, 0.717) is 36.2 Å². The lowest BCUT2D eigenvalue weighted by atomic mass is 10.2. The lowest BCUT2D eigenvalue weighted by molar-refractivity contribution is 0.0729. The van der Waals surface area contributed by atoms with Crippen LogP contribution in [0.3, 0.4) is 0 Å². The molecule has 1 aliphatic carbocycles. The number of hydrogen-bond donors (Lipinski definition) is 1. The molecular weight excluding hydrogens is 321 g/mol. The summed E-state index contributed by atoms with van der Waals surface area (Å²) in [4.78, 5) is 14.7. The number of carbonyl (C=O) groups is 1. The lowest BCUT2D eigenvalue weighted by Gasteiger charge is -2.21. The maximum absolute atomic E-state index is 13.1. The molecule has 3 aromatic rings. The topological polar surface area (TPSA) is 62.1 Å². The Morgan fingerprint density at radius 3 is 2.76 bits per heavy atom. The van der Waals surface area contributed by atoms with E-state index in [-0.39, 0.29) is 11.7 Å². The maximum Gasteiger partial charge on any atom is 0.274 e. The highest BCUT2D eigenvalue weighted by Crippen LogP contribution is 2.31. The summed E-state index contributed by atoms with van der Waals surface area (Å²) < 4.78 is 18.4. The molecule has 0 radical (unpaired) electrons. The molecule has 0 aliphatic heterocycles. The molecule has 0 bridgehead atoms. The van der Waals surface area contributed by atoms with Gasteiger partial charge in [-0.3, -0.25) is 9.89 Å². The van der Waals surface area contributed by atoms with Gasteiger partial charge in [-0.15, -0.1) is 0 Å². The number of furan rings is 1. The van der Waals surface area contributed by atoms with Crippen LogP contribution in [0, 0.1) is 11.7 Å². The largest absolute Gasteiger partial charge is 0.463 e. The van der Waals surface area contributed by atoms with Crippen LogP contribution in [0.2, 0.25) is 0 Å². The summed E-state index contributed by atoms with van der Waals surface area (Å²) in [7, 11) is 0. The second-order valence-corrected chi connectivity index (χ2v) is 6.40. The van der Waals surface area contributed by atoms with Crippen LogP contribution in [0.25, 0.3) is 11.5 Å². The van der Waals surface area contributed by atoms with Gasteiger partial charge in [-0.05, 0) is 48.6 Å². The molecule has 0 spiro atoms. The third-order valence-corrected chi connectivity index (χ3v) is 4.33. The van der Waals surface area contributed by atoms with Gasteiger partial charge in [-0.1, -0.05) is 12.1 Å². The molecule has 2 heterocycles. The molecule has 1 amide bonds. The Hall–Kier alpha value is -2.89. The summed E-state index contributed by atoms with van der Waals surface area (Å²) >= 11 is 0. The van der Waals surface area contributed by atoms with E-state index in [4.69, 9.17) is 4.42 Å². The Bertz CT molecular complexity index is 851. The number of H-pyrrole nitrogens is 1. The molecule has 1 aromatic carbocycles. The van der Waals surface area contributed by atoms with Crippen molar-refractivity contribution in [1.29, 1.82) is 0 Å². The van der Waals surface area contributed by atoms with Crippen LogP contribution in [0.5, 0.6) is 0 Å². The van der Waals surface area contributed by atoms with Crippen molar-refractivity contribution in [2.75, 3.05) is 6.54 Å². The molecule has 128 valence electrons. The van der Waals surface area contributed by atoms with Gasteiger partial charge in [0.1, 0.15) is 11.5 Å². The normalized spacial score (nSPS) is 13.8. The van der Waals surface area contributed by atoms with Crippen molar-refractivity contribution < 1.29 is 13.6 Å². The second kappa shape index (κ2) is 6.55. The Morgan fingerprint density at radius 2 is 2.08 bits per heavy atom. The SMILES string of the molecule is O=C(c1cc(-c2ccco2)[nH]n1)N(Cc1ccc(F)cc1)CC1CC1. The summed E-state index contributed by atoms with van der Waals surface area (Å²) in [6, 6.07) is 11.5. The molecule has 4 rings (SSSR count). The van der Waals surface area contributed by atoms with Crippen molar-refractivity contribution in [3.05, 3.63) is 65.8 Å². The first kappa shape index (κ1) is 15.6. The number of aromatic amines is 1. The summed E-state index contributed by atoms with van der Waals surface area (Å²) in [5.41, 5.74) is 1.92. The smallest absolute Gasteiger partial charge is 0.274 e. The van der Waals surface area contributed by atoms with Crippen LogP contribution in [0.1, 0.15) is 28.9 Å². The number of halogens is 1. The van der Waals surface area contributed by atoms with Crippen molar-refractivity contribution >= 4 is 5.91 Å². The van der Waals surface area contributed by atoms with Crippen molar-refractivity contribution in [3.63, 3.8) is 0 Å². The molecule has 1 saturated carbocycles. The van der Waals surface area contributed by atoms with Crippen molar-refractivity contribution in [2.45, 2.75) is 19.4 Å². The first-order chi connectivity index (χ1) is 12.2. The first-order valence-electron chi connectivity index (χ1n) is 8.32. The number of benzene rings is 1. The Morgan fingerprint density at radius 1 is 1.28 bits per heavy atom. The van der Waals surface area contributed by atoms with Gasteiger partial charge in [0.2, 0.25) is 0 Å². The fourth-order valence-electron chi connectivity index (χ4n) is 2.79. The first-order valence-corrected chi connectivity index (χ1v) is 8.32. The number of rotatable bonds is 6. The molecule has 0 atom stereocenters. The number of amides is 1. The molecule has 1 fully saturated rings. The zero-order chi connectivity index (χ0) is 17.2. The molecule has 2 aromatic heterocycles. The number of aromatic nitrogens is 2. The molecule has 25 heavy (non-hydrogen) atoms. The van der Waals surface area contributed by atoms with Gasteiger partial charge in [0.05, 0.1) is 6.26 Å². The van der Waals surface area contributed by atoms with Crippen LogP contribution in [0.4, 0.5) is 4.39 Å². The third-order valence-electron chi connectivity index (χ3n) is 4.33. The van der Waals surface area contributed by atoms with Crippen LogP contribution < -0.4 is 0 Å². The summed E-state index contributed by atoms with van der Waals surface area (Å²) in [6.07, 6.45) is 3.86. The average molecular weight is 339 g/mol. The molecule has 0 unspecified atom stereocenters. The molecular formula is C19H18FN3O2. The minimum Gasteiger partial charge on any atom is -0.463 e. The van der Waals surface area contributed by atoms with Gasteiger partial charge in [0, 0.05) is 19.2 Å². The molecule has 6 heteroatoms. The van der Waals surface area contributed by atoms with E-state index < -0.39 is 0 Å². The van der Waals surface area contributed by atoms with Crippen molar-refractivity contribution in [1.82, 2.24) is 15.1 Å². The minimum atomic E-state index is -0.279. The summed E-state index contributed by atoms with van der Waals surface area (Å²) in [5, 5.41) is 6.98.